The van der Waals surface area contributed by atoms with Crippen LogP contribution in [0, 0.1) is 5.41 Å². The van der Waals surface area contributed by atoms with Crippen LogP contribution in [0.2, 0.25) is 5.02 Å². The standard InChI is InChI=1S/C29H36ClNO3S/c1-8-16-34-22-14-15-24-23(17-22)26(35-28(3,4)5)25(18-29(6,7)27(32)33-9-2)31(24)19-20-10-12-21(30)13-11-20/h8,10-15,17H,1,9,16,18-19H2,2-7H3. The van der Waals surface area contributed by atoms with Crippen molar-refractivity contribution >= 4 is 40.2 Å². The molecule has 0 aliphatic heterocycles. The van der Waals surface area contributed by atoms with Crippen LogP contribution >= 0.6 is 23.4 Å². The number of benzene rings is 2. The van der Waals surface area contributed by atoms with Crippen molar-refractivity contribution in [3.05, 3.63) is 71.4 Å². The van der Waals surface area contributed by atoms with Gasteiger partial charge in [0, 0.05) is 44.2 Å². The molecule has 1 heterocycles. The Kier molecular flexibility index (Phi) is 8.66. The minimum atomic E-state index is -0.683. The van der Waals surface area contributed by atoms with Gasteiger partial charge in [-0.05, 0) is 56.7 Å². The summed E-state index contributed by atoms with van der Waals surface area (Å²) in [6.45, 7) is 17.6. The molecule has 0 unspecified atom stereocenters. The largest absolute Gasteiger partial charge is 0.490 e. The number of hydrogen-bond acceptors (Lipinski definition) is 4. The third-order valence-electron chi connectivity index (χ3n) is 5.56. The zero-order valence-electron chi connectivity index (χ0n) is 21.6. The van der Waals surface area contributed by atoms with E-state index in [1.165, 1.54) is 4.90 Å². The summed E-state index contributed by atoms with van der Waals surface area (Å²) < 4.78 is 13.6. The smallest absolute Gasteiger partial charge is 0.311 e. The van der Waals surface area contributed by atoms with Crippen LogP contribution in [-0.4, -0.2) is 28.5 Å². The van der Waals surface area contributed by atoms with Crippen LogP contribution in [0.25, 0.3) is 10.9 Å². The average molecular weight is 514 g/mol. The molecule has 188 valence electrons. The lowest BCUT2D eigenvalue weighted by Crippen LogP contribution is -2.30. The average Bonchev–Trinajstić information content (AvgIpc) is 3.04. The summed E-state index contributed by atoms with van der Waals surface area (Å²) in [6.07, 6.45) is 2.30. The fraction of sp³-hybridized carbons (Fsp3) is 0.414. The number of rotatable bonds is 10. The molecule has 0 atom stereocenters. The molecule has 0 spiro atoms. The highest BCUT2D eigenvalue weighted by molar-refractivity contribution is 8.00. The van der Waals surface area contributed by atoms with Gasteiger partial charge in [0.25, 0.3) is 0 Å². The van der Waals surface area contributed by atoms with Gasteiger partial charge in [0.1, 0.15) is 12.4 Å². The molecule has 0 amide bonds. The normalized spacial score (nSPS) is 12.1. The number of aromatic nitrogens is 1. The molecule has 35 heavy (non-hydrogen) atoms. The van der Waals surface area contributed by atoms with Crippen LogP contribution in [-0.2, 0) is 22.5 Å². The van der Waals surface area contributed by atoms with Gasteiger partial charge in [-0.3, -0.25) is 4.79 Å². The van der Waals surface area contributed by atoms with E-state index in [1.807, 2.05) is 62.9 Å². The first-order valence-electron chi connectivity index (χ1n) is 11.9. The van der Waals surface area contributed by atoms with E-state index in [0.717, 1.165) is 27.9 Å². The molecular formula is C29H36ClNO3S. The predicted octanol–water partition coefficient (Wildman–Crippen LogP) is 7.93. The highest BCUT2D eigenvalue weighted by atomic mass is 35.5. The second-order valence-corrected chi connectivity index (χ2v) is 12.5. The number of halogens is 1. The first kappa shape index (κ1) is 27.2. The Morgan fingerprint density at radius 3 is 2.40 bits per heavy atom. The van der Waals surface area contributed by atoms with Crippen molar-refractivity contribution in [1.82, 2.24) is 4.57 Å². The Morgan fingerprint density at radius 2 is 1.80 bits per heavy atom. The van der Waals surface area contributed by atoms with Crippen molar-refractivity contribution < 1.29 is 14.3 Å². The molecule has 0 saturated carbocycles. The zero-order chi connectivity index (χ0) is 25.8. The molecule has 0 bridgehead atoms. The van der Waals surface area contributed by atoms with Gasteiger partial charge >= 0.3 is 5.97 Å². The summed E-state index contributed by atoms with van der Waals surface area (Å²) in [5, 5.41) is 1.83. The lowest BCUT2D eigenvalue weighted by molar-refractivity contribution is -0.153. The van der Waals surface area contributed by atoms with Crippen molar-refractivity contribution in [3.63, 3.8) is 0 Å². The van der Waals surface area contributed by atoms with Crippen LogP contribution in [0.5, 0.6) is 5.75 Å². The van der Waals surface area contributed by atoms with Gasteiger partial charge in [0.05, 0.1) is 12.0 Å². The van der Waals surface area contributed by atoms with Gasteiger partial charge in [0.15, 0.2) is 0 Å². The van der Waals surface area contributed by atoms with E-state index in [9.17, 15) is 4.79 Å². The van der Waals surface area contributed by atoms with E-state index in [2.05, 4.69) is 44.0 Å². The minimum absolute atomic E-state index is 0.0276. The first-order chi connectivity index (χ1) is 16.4. The number of fused-ring (bicyclic) bond motifs is 1. The maximum atomic E-state index is 12.9. The Morgan fingerprint density at radius 1 is 1.11 bits per heavy atom. The first-order valence-corrected chi connectivity index (χ1v) is 13.1. The van der Waals surface area contributed by atoms with Crippen molar-refractivity contribution in [2.75, 3.05) is 13.2 Å². The molecule has 3 aromatic rings. The van der Waals surface area contributed by atoms with Crippen molar-refractivity contribution in [2.45, 2.75) is 64.2 Å². The van der Waals surface area contributed by atoms with E-state index in [1.54, 1.807) is 6.08 Å². The van der Waals surface area contributed by atoms with Crippen molar-refractivity contribution in [2.24, 2.45) is 5.41 Å². The third kappa shape index (κ3) is 6.86. The SMILES string of the molecule is C=CCOc1ccc2c(c1)c(SC(C)(C)C)c(CC(C)(C)C(=O)OCC)n2Cc1ccc(Cl)cc1. The highest BCUT2D eigenvalue weighted by Gasteiger charge is 2.34. The molecule has 0 aliphatic rings. The maximum absolute atomic E-state index is 12.9. The molecule has 0 fully saturated rings. The summed E-state index contributed by atoms with van der Waals surface area (Å²) in [5.41, 5.74) is 2.68. The Hall–Kier alpha value is -2.37. The summed E-state index contributed by atoms with van der Waals surface area (Å²) in [7, 11) is 0. The zero-order valence-corrected chi connectivity index (χ0v) is 23.2. The molecule has 6 heteroatoms. The number of carbonyl (C=O) groups is 1. The monoisotopic (exact) mass is 513 g/mol. The van der Waals surface area contributed by atoms with Gasteiger partial charge < -0.3 is 14.0 Å². The van der Waals surface area contributed by atoms with Crippen molar-refractivity contribution in [3.8, 4) is 5.75 Å². The molecule has 3 rings (SSSR count). The van der Waals surface area contributed by atoms with E-state index in [0.29, 0.717) is 31.2 Å². The highest BCUT2D eigenvalue weighted by Crippen LogP contribution is 2.44. The van der Waals surface area contributed by atoms with Gasteiger partial charge in [0.2, 0.25) is 0 Å². The van der Waals surface area contributed by atoms with Crippen LogP contribution in [0.1, 0.15) is 52.8 Å². The number of hydrogen-bond donors (Lipinski definition) is 0. The van der Waals surface area contributed by atoms with Gasteiger partial charge in [-0.15, -0.1) is 11.8 Å². The number of thioether (sulfide) groups is 1. The number of ether oxygens (including phenoxy) is 2. The molecule has 1 aromatic heterocycles. The molecule has 4 nitrogen and oxygen atoms in total. The minimum Gasteiger partial charge on any atom is -0.490 e. The van der Waals surface area contributed by atoms with Gasteiger partial charge in [-0.1, -0.05) is 57.2 Å². The Labute approximate surface area is 218 Å². The van der Waals surface area contributed by atoms with Crippen LogP contribution in [0.4, 0.5) is 0 Å². The van der Waals surface area contributed by atoms with Gasteiger partial charge in [-0.25, -0.2) is 0 Å². The van der Waals surface area contributed by atoms with Crippen LogP contribution < -0.4 is 4.74 Å². The summed E-state index contributed by atoms with van der Waals surface area (Å²) in [4.78, 5) is 14.0. The summed E-state index contributed by atoms with van der Waals surface area (Å²) in [5.74, 6) is 0.609. The Bertz CT molecular complexity index is 1190. The lowest BCUT2D eigenvalue weighted by atomic mass is 9.87. The second-order valence-electron chi connectivity index (χ2n) is 10.3. The van der Waals surface area contributed by atoms with E-state index < -0.39 is 5.41 Å². The molecular weight excluding hydrogens is 478 g/mol. The number of esters is 1. The fourth-order valence-electron chi connectivity index (χ4n) is 3.97. The summed E-state index contributed by atoms with van der Waals surface area (Å²) >= 11 is 7.97. The molecule has 0 radical (unpaired) electrons. The third-order valence-corrected chi connectivity index (χ3v) is 7.08. The van der Waals surface area contributed by atoms with Crippen LogP contribution in [0.3, 0.4) is 0 Å². The molecule has 0 aliphatic carbocycles. The van der Waals surface area contributed by atoms with Gasteiger partial charge in [-0.2, -0.15) is 0 Å². The molecule has 2 aromatic carbocycles. The topological polar surface area (TPSA) is 40.5 Å². The maximum Gasteiger partial charge on any atom is 0.311 e. The second kappa shape index (κ2) is 11.1. The van der Waals surface area contributed by atoms with Crippen LogP contribution in [0.15, 0.2) is 60.0 Å². The molecule has 0 N–H and O–H groups in total. The predicted molar refractivity (Wildman–Crippen MR) is 148 cm³/mol. The van der Waals surface area contributed by atoms with E-state index in [4.69, 9.17) is 21.1 Å². The van der Waals surface area contributed by atoms with Crippen molar-refractivity contribution in [1.29, 1.82) is 0 Å². The lowest BCUT2D eigenvalue weighted by Gasteiger charge is -2.26. The number of nitrogens with zero attached hydrogens (tertiary/aromatic N) is 1. The molecule has 0 saturated heterocycles. The van der Waals surface area contributed by atoms with E-state index in [-0.39, 0.29) is 10.7 Å². The Balaban J connectivity index is 2.24. The number of carbonyl (C=O) groups excluding carboxylic acids is 1. The van der Waals surface area contributed by atoms with E-state index >= 15 is 0 Å². The summed E-state index contributed by atoms with van der Waals surface area (Å²) in [6, 6.07) is 14.1. The fourth-order valence-corrected chi connectivity index (χ4v) is 5.28. The quantitative estimate of drug-likeness (QED) is 0.157.